The topological polar surface area (TPSA) is 108 Å². The maximum atomic E-state index is 12.5. The Kier molecular flexibility index (Phi) is 7.14. The molecule has 0 radical (unpaired) electrons. The molecule has 8 heteroatoms. The lowest BCUT2D eigenvalue weighted by Crippen LogP contribution is -2.54. The van der Waals surface area contributed by atoms with Crippen LogP contribution in [0.25, 0.3) is 5.57 Å². The second-order valence-corrected chi connectivity index (χ2v) is 10.7. The number of nitrogens with one attached hydrogen (secondary N) is 1. The second kappa shape index (κ2) is 10.5. The number of aliphatic hydroxyl groups excluding tert-OH is 1. The molecule has 2 aromatic rings. The van der Waals surface area contributed by atoms with Gasteiger partial charge in [0.1, 0.15) is 0 Å². The number of benzene rings is 1. The number of piperazine rings is 1. The van der Waals surface area contributed by atoms with Crippen molar-refractivity contribution in [3.05, 3.63) is 47.5 Å². The van der Waals surface area contributed by atoms with E-state index in [0.29, 0.717) is 37.1 Å². The van der Waals surface area contributed by atoms with Gasteiger partial charge in [-0.3, -0.25) is 4.79 Å². The zero-order valence-electron chi connectivity index (χ0n) is 21.4. The maximum Gasteiger partial charge on any atom is 0.239 e. The lowest BCUT2D eigenvalue weighted by Gasteiger charge is -2.37. The molecule has 2 heterocycles. The van der Waals surface area contributed by atoms with Crippen LogP contribution < -0.4 is 16.0 Å². The van der Waals surface area contributed by atoms with Gasteiger partial charge in [-0.15, -0.1) is 0 Å². The number of hydrogen-bond acceptors (Lipinski definition) is 7. The summed E-state index contributed by atoms with van der Waals surface area (Å²) in [5, 5.41) is 14.0. The lowest BCUT2D eigenvalue weighted by molar-refractivity contribution is -0.133. The zero-order chi connectivity index (χ0) is 25.2. The van der Waals surface area contributed by atoms with Crippen LogP contribution in [0.1, 0.15) is 57.2 Å². The number of nitrogens with zero attached hydrogens (tertiary/aromatic N) is 4. The first kappa shape index (κ1) is 24.6. The molecular weight excluding hydrogens is 452 g/mol. The Balaban J connectivity index is 1.23. The average molecular weight is 491 g/mol. The molecule has 0 spiro atoms. The fourth-order valence-electron chi connectivity index (χ4n) is 5.62. The third-order valence-electron chi connectivity index (χ3n) is 7.91. The number of fused-ring (bicyclic) bond motifs is 1. The van der Waals surface area contributed by atoms with Gasteiger partial charge in [0.05, 0.1) is 17.5 Å². The number of nitrogens with two attached hydrogens (primary N) is 1. The van der Waals surface area contributed by atoms with Crippen LogP contribution in [0.3, 0.4) is 0 Å². The molecule has 1 amide bonds. The molecule has 36 heavy (non-hydrogen) atoms. The van der Waals surface area contributed by atoms with Crippen molar-refractivity contribution in [2.24, 2.45) is 17.6 Å². The number of hydrogen-bond donors (Lipinski definition) is 3. The third kappa shape index (κ3) is 5.05. The van der Waals surface area contributed by atoms with Crippen LogP contribution in [0, 0.1) is 11.8 Å². The molecule has 1 aromatic heterocycles. The van der Waals surface area contributed by atoms with Crippen molar-refractivity contribution in [2.45, 2.75) is 58.4 Å². The SMILES string of the molecule is CC(C)C(N)C(=O)N1CCN(c2ccc(Nc3ncc4c(n3)C(C3CCCC3)=C(O)CC4)cc2)CC1. The van der Waals surface area contributed by atoms with Crippen molar-refractivity contribution in [1.29, 1.82) is 0 Å². The molecule has 1 aliphatic heterocycles. The molecule has 5 rings (SSSR count). The zero-order valence-corrected chi connectivity index (χ0v) is 21.4. The Morgan fingerprint density at radius 2 is 1.78 bits per heavy atom. The molecule has 1 saturated heterocycles. The minimum absolute atomic E-state index is 0.0495. The van der Waals surface area contributed by atoms with Gasteiger partial charge in [-0.25, -0.2) is 9.97 Å². The minimum Gasteiger partial charge on any atom is -0.512 e. The van der Waals surface area contributed by atoms with E-state index in [1.807, 2.05) is 37.1 Å². The molecule has 8 nitrogen and oxygen atoms in total. The molecule has 1 saturated carbocycles. The fraction of sp³-hybridized carbons (Fsp3) is 0.536. The van der Waals surface area contributed by atoms with E-state index in [-0.39, 0.29) is 11.8 Å². The van der Waals surface area contributed by atoms with Gasteiger partial charge in [0.15, 0.2) is 0 Å². The first-order chi connectivity index (χ1) is 17.4. The van der Waals surface area contributed by atoms with Crippen LogP contribution in [0.5, 0.6) is 0 Å². The number of carbonyl (C=O) groups is 1. The molecule has 0 bridgehead atoms. The lowest BCUT2D eigenvalue weighted by atomic mass is 9.85. The third-order valence-corrected chi connectivity index (χ3v) is 7.91. The van der Waals surface area contributed by atoms with E-state index in [9.17, 15) is 9.90 Å². The van der Waals surface area contributed by atoms with E-state index in [2.05, 4.69) is 27.3 Å². The summed E-state index contributed by atoms with van der Waals surface area (Å²) in [5.41, 5.74) is 11.2. The summed E-state index contributed by atoms with van der Waals surface area (Å²) in [6.45, 7) is 6.92. The Bertz CT molecular complexity index is 1120. The summed E-state index contributed by atoms with van der Waals surface area (Å²) in [5.74, 6) is 1.67. The van der Waals surface area contributed by atoms with E-state index in [1.54, 1.807) is 0 Å². The van der Waals surface area contributed by atoms with Gasteiger partial charge in [-0.05, 0) is 60.9 Å². The molecule has 4 N–H and O–H groups in total. The van der Waals surface area contributed by atoms with Crippen molar-refractivity contribution in [3.63, 3.8) is 0 Å². The van der Waals surface area contributed by atoms with Gasteiger partial charge in [-0.2, -0.15) is 0 Å². The van der Waals surface area contributed by atoms with Gasteiger partial charge in [0.25, 0.3) is 0 Å². The van der Waals surface area contributed by atoms with Crippen molar-refractivity contribution in [1.82, 2.24) is 14.9 Å². The van der Waals surface area contributed by atoms with Crippen molar-refractivity contribution in [2.75, 3.05) is 36.4 Å². The summed E-state index contributed by atoms with van der Waals surface area (Å²) in [4.78, 5) is 26.1. The summed E-state index contributed by atoms with van der Waals surface area (Å²) in [6.07, 6.45) is 8.07. The van der Waals surface area contributed by atoms with Gasteiger partial charge in [0, 0.05) is 55.7 Å². The molecule has 2 fully saturated rings. The molecule has 1 unspecified atom stereocenters. The van der Waals surface area contributed by atoms with Crippen LogP contribution in [0.4, 0.5) is 17.3 Å². The molecule has 3 aliphatic rings. The number of amides is 1. The van der Waals surface area contributed by atoms with Gasteiger partial charge >= 0.3 is 0 Å². The summed E-state index contributed by atoms with van der Waals surface area (Å²) in [6, 6.07) is 7.83. The van der Waals surface area contributed by atoms with Crippen LogP contribution >= 0.6 is 0 Å². The predicted molar refractivity (Wildman–Crippen MR) is 143 cm³/mol. The van der Waals surface area contributed by atoms with Crippen molar-refractivity contribution >= 4 is 28.8 Å². The second-order valence-electron chi connectivity index (χ2n) is 10.7. The van der Waals surface area contributed by atoms with Gasteiger partial charge in [-0.1, -0.05) is 26.7 Å². The van der Waals surface area contributed by atoms with Crippen molar-refractivity contribution < 1.29 is 9.90 Å². The van der Waals surface area contributed by atoms with E-state index < -0.39 is 6.04 Å². The molecule has 1 atom stereocenters. The highest BCUT2D eigenvalue weighted by molar-refractivity contribution is 5.82. The fourth-order valence-corrected chi connectivity index (χ4v) is 5.62. The van der Waals surface area contributed by atoms with E-state index in [1.165, 1.54) is 12.8 Å². The van der Waals surface area contributed by atoms with E-state index in [0.717, 1.165) is 60.6 Å². The van der Waals surface area contributed by atoms with Gasteiger partial charge in [0.2, 0.25) is 11.9 Å². The standard InChI is InChI=1S/C28H38N6O2/c1-18(2)25(29)27(36)34-15-13-33(14-16-34)22-10-8-21(9-11-22)31-28-30-17-20-7-12-23(35)24(26(20)32-28)19-5-3-4-6-19/h8-11,17-19,25,35H,3-7,12-16,29H2,1-2H3,(H,30,31,32). The predicted octanol–water partition coefficient (Wildman–Crippen LogP) is 4.26. The molecule has 192 valence electrons. The van der Waals surface area contributed by atoms with Crippen LogP contribution in [-0.2, 0) is 11.2 Å². The molecular formula is C28H38N6O2. The highest BCUT2D eigenvalue weighted by Crippen LogP contribution is 2.42. The Labute approximate surface area is 213 Å². The van der Waals surface area contributed by atoms with Gasteiger partial charge < -0.3 is 26.0 Å². The maximum absolute atomic E-state index is 12.5. The number of aryl methyl sites for hydroxylation is 1. The smallest absolute Gasteiger partial charge is 0.239 e. The average Bonchev–Trinajstić information content (AvgIpc) is 3.42. The number of anilines is 3. The number of aromatic nitrogens is 2. The highest BCUT2D eigenvalue weighted by Gasteiger charge is 2.30. The Morgan fingerprint density at radius 3 is 2.44 bits per heavy atom. The number of carbonyl (C=O) groups excluding carboxylic acids is 1. The Morgan fingerprint density at radius 1 is 1.08 bits per heavy atom. The molecule has 2 aliphatic carbocycles. The van der Waals surface area contributed by atoms with E-state index >= 15 is 0 Å². The number of aliphatic hydroxyl groups is 1. The largest absolute Gasteiger partial charge is 0.512 e. The first-order valence-corrected chi connectivity index (χ1v) is 13.4. The number of allylic oxidation sites excluding steroid dienone is 2. The normalized spacial score (nSPS) is 19.6. The number of rotatable bonds is 6. The quantitative estimate of drug-likeness (QED) is 0.555. The van der Waals surface area contributed by atoms with Crippen LogP contribution in [0.15, 0.2) is 36.2 Å². The molecule has 1 aromatic carbocycles. The van der Waals surface area contributed by atoms with Crippen molar-refractivity contribution in [3.8, 4) is 0 Å². The van der Waals surface area contributed by atoms with Crippen LogP contribution in [-0.4, -0.2) is 58.1 Å². The summed E-state index contributed by atoms with van der Waals surface area (Å²) >= 11 is 0. The monoisotopic (exact) mass is 490 g/mol. The van der Waals surface area contributed by atoms with E-state index in [4.69, 9.17) is 10.7 Å². The van der Waals surface area contributed by atoms with Crippen LogP contribution in [0.2, 0.25) is 0 Å². The summed E-state index contributed by atoms with van der Waals surface area (Å²) < 4.78 is 0. The highest BCUT2D eigenvalue weighted by atomic mass is 16.3. The minimum atomic E-state index is -0.429. The summed E-state index contributed by atoms with van der Waals surface area (Å²) in [7, 11) is 0. The Hall–Kier alpha value is -3.13. The first-order valence-electron chi connectivity index (χ1n) is 13.4.